The van der Waals surface area contributed by atoms with E-state index >= 15 is 0 Å². The summed E-state index contributed by atoms with van der Waals surface area (Å²) in [7, 11) is 0. The Hall–Kier alpha value is -1.26. The predicted octanol–water partition coefficient (Wildman–Crippen LogP) is 3.08. The number of oxime groups is 1. The largest absolute Gasteiger partial charge is 0.411 e. The first-order valence-electron chi connectivity index (χ1n) is 5.72. The molecule has 0 spiro atoms. The van der Waals surface area contributed by atoms with E-state index in [4.69, 9.17) is 28.4 Å². The van der Waals surface area contributed by atoms with Crippen molar-refractivity contribution in [3.8, 4) is 0 Å². The number of nitrogens with zero attached hydrogens (tertiary/aromatic N) is 3. The van der Waals surface area contributed by atoms with Gasteiger partial charge < -0.3 is 5.21 Å². The molecule has 0 aliphatic carbocycles. The Bertz CT molecular complexity index is 573. The molecule has 1 N–H and O–H groups in total. The normalized spacial score (nSPS) is 11.8. The van der Waals surface area contributed by atoms with Gasteiger partial charge in [-0.3, -0.25) is 0 Å². The smallest absolute Gasteiger partial charge is 0.304 e. The lowest BCUT2D eigenvalue weighted by Gasteiger charge is -1.95. The topological polar surface area (TPSA) is 41.4 Å². The highest BCUT2D eigenvalue weighted by atomic mass is 35.5. The first-order chi connectivity index (χ1) is 8.63. The van der Waals surface area contributed by atoms with Gasteiger partial charge in [-0.2, -0.15) is 0 Å². The van der Waals surface area contributed by atoms with Crippen LogP contribution in [0.4, 0.5) is 0 Å². The van der Waals surface area contributed by atoms with Gasteiger partial charge in [-0.1, -0.05) is 28.4 Å². The molecule has 0 radical (unpaired) electrons. The molecule has 0 saturated heterocycles. The summed E-state index contributed by atoms with van der Waals surface area (Å²) < 4.78 is 4.06. The van der Waals surface area contributed by atoms with Crippen LogP contribution in [-0.2, 0) is 13.1 Å². The molecule has 96 valence electrons. The number of aryl methyl sites for hydroxylation is 2. The van der Waals surface area contributed by atoms with Crippen molar-refractivity contribution in [1.29, 1.82) is 0 Å². The van der Waals surface area contributed by atoms with E-state index < -0.39 is 0 Å². The van der Waals surface area contributed by atoms with Gasteiger partial charge in [-0.25, -0.2) is 9.13 Å². The zero-order valence-electron chi connectivity index (χ0n) is 10.2. The standard InChI is InChI=1S/C12H13Cl2N3O/c1-3-16-10-5-8(13)9(14)6-11(10)17(4-2)12(16)7-15-18/h5-7H,3-4H2,1-2H3/p+1. The highest BCUT2D eigenvalue weighted by Crippen LogP contribution is 2.27. The molecule has 2 aromatic rings. The van der Waals surface area contributed by atoms with E-state index in [1.54, 1.807) is 0 Å². The van der Waals surface area contributed by atoms with E-state index in [1.165, 1.54) is 6.21 Å². The number of aromatic nitrogens is 2. The average molecular weight is 287 g/mol. The molecule has 1 aromatic heterocycles. The van der Waals surface area contributed by atoms with E-state index in [-0.39, 0.29) is 0 Å². The Labute approximate surface area is 115 Å². The van der Waals surface area contributed by atoms with E-state index in [9.17, 15) is 0 Å². The lowest BCUT2D eigenvalue weighted by molar-refractivity contribution is -0.669. The van der Waals surface area contributed by atoms with Crippen LogP contribution in [0.2, 0.25) is 10.0 Å². The number of rotatable bonds is 3. The molecule has 0 saturated carbocycles. The molecule has 2 rings (SSSR count). The van der Waals surface area contributed by atoms with Crippen LogP contribution < -0.4 is 4.57 Å². The first-order valence-corrected chi connectivity index (χ1v) is 6.48. The monoisotopic (exact) mass is 286 g/mol. The molecular formula is C12H14Cl2N3O+. The summed E-state index contributed by atoms with van der Waals surface area (Å²) in [5, 5.41) is 13.0. The molecule has 1 heterocycles. The molecule has 0 atom stereocenters. The third-order valence-electron chi connectivity index (χ3n) is 2.96. The fourth-order valence-electron chi connectivity index (χ4n) is 2.21. The first kappa shape index (κ1) is 13.2. The molecule has 0 amide bonds. The number of halogens is 2. The van der Waals surface area contributed by atoms with Gasteiger partial charge in [0.15, 0.2) is 17.2 Å². The van der Waals surface area contributed by atoms with Crippen molar-refractivity contribution in [2.75, 3.05) is 0 Å². The molecular weight excluding hydrogens is 273 g/mol. The lowest BCUT2D eigenvalue weighted by Crippen LogP contribution is -2.36. The molecule has 6 heteroatoms. The van der Waals surface area contributed by atoms with Crippen LogP contribution in [0.3, 0.4) is 0 Å². The Balaban J connectivity index is 2.90. The van der Waals surface area contributed by atoms with Crippen LogP contribution in [0, 0.1) is 0 Å². The summed E-state index contributed by atoms with van der Waals surface area (Å²) >= 11 is 12.1. The number of imidazole rings is 1. The predicted molar refractivity (Wildman–Crippen MR) is 72.9 cm³/mol. The summed E-state index contributed by atoms with van der Waals surface area (Å²) in [5.74, 6) is 0.816. The Morgan fingerprint density at radius 1 is 1.33 bits per heavy atom. The zero-order chi connectivity index (χ0) is 13.3. The number of benzene rings is 1. The average Bonchev–Trinajstić information content (AvgIpc) is 2.63. The van der Waals surface area contributed by atoms with Gasteiger partial charge >= 0.3 is 5.82 Å². The van der Waals surface area contributed by atoms with Gasteiger partial charge in [0, 0.05) is 12.1 Å². The maximum absolute atomic E-state index is 8.78. The minimum Gasteiger partial charge on any atom is -0.411 e. The molecule has 0 aliphatic heterocycles. The zero-order valence-corrected chi connectivity index (χ0v) is 11.7. The van der Waals surface area contributed by atoms with Crippen LogP contribution in [0.25, 0.3) is 11.0 Å². The maximum Gasteiger partial charge on any atom is 0.304 e. The summed E-state index contributed by atoms with van der Waals surface area (Å²) in [6.07, 6.45) is 1.43. The van der Waals surface area contributed by atoms with Gasteiger partial charge in [0.1, 0.15) is 0 Å². The van der Waals surface area contributed by atoms with E-state index in [0.717, 1.165) is 29.9 Å². The van der Waals surface area contributed by atoms with Gasteiger partial charge in [-0.05, 0) is 13.8 Å². The Morgan fingerprint density at radius 2 is 2.00 bits per heavy atom. The van der Waals surface area contributed by atoms with Gasteiger partial charge in [0.05, 0.1) is 23.1 Å². The fourth-order valence-corrected chi connectivity index (χ4v) is 2.52. The number of fused-ring (bicyclic) bond motifs is 1. The summed E-state index contributed by atoms with van der Waals surface area (Å²) in [4.78, 5) is 0. The molecule has 18 heavy (non-hydrogen) atoms. The van der Waals surface area contributed by atoms with Gasteiger partial charge in [0.25, 0.3) is 0 Å². The van der Waals surface area contributed by atoms with Crippen molar-refractivity contribution in [2.24, 2.45) is 5.16 Å². The molecule has 0 aliphatic rings. The lowest BCUT2D eigenvalue weighted by atomic mass is 10.3. The van der Waals surface area contributed by atoms with Crippen LogP contribution in [0.15, 0.2) is 17.3 Å². The summed E-state index contributed by atoms with van der Waals surface area (Å²) in [5.41, 5.74) is 1.95. The van der Waals surface area contributed by atoms with E-state index in [1.807, 2.05) is 35.1 Å². The van der Waals surface area contributed by atoms with E-state index in [2.05, 4.69) is 5.16 Å². The molecule has 0 fully saturated rings. The Kier molecular flexibility index (Phi) is 3.78. The molecule has 1 aromatic carbocycles. The van der Waals surface area contributed by atoms with Gasteiger partial charge in [0.2, 0.25) is 0 Å². The minimum atomic E-state index is 0.520. The number of hydrogen-bond donors (Lipinski definition) is 1. The minimum absolute atomic E-state index is 0.520. The van der Waals surface area contributed by atoms with Crippen molar-refractivity contribution in [1.82, 2.24) is 4.57 Å². The molecule has 0 unspecified atom stereocenters. The highest BCUT2D eigenvalue weighted by molar-refractivity contribution is 6.42. The number of hydrogen-bond acceptors (Lipinski definition) is 2. The summed E-state index contributed by atoms with van der Waals surface area (Å²) in [6.45, 7) is 5.55. The van der Waals surface area contributed by atoms with Gasteiger partial charge in [-0.15, -0.1) is 0 Å². The highest BCUT2D eigenvalue weighted by Gasteiger charge is 2.23. The second-order valence-electron chi connectivity index (χ2n) is 3.85. The van der Waals surface area contributed by atoms with Crippen LogP contribution >= 0.6 is 23.2 Å². The Morgan fingerprint density at radius 3 is 2.56 bits per heavy atom. The fraction of sp³-hybridized carbons (Fsp3) is 0.333. The quantitative estimate of drug-likeness (QED) is 0.401. The van der Waals surface area contributed by atoms with Crippen molar-refractivity contribution in [3.05, 3.63) is 28.0 Å². The second kappa shape index (κ2) is 5.16. The summed E-state index contributed by atoms with van der Waals surface area (Å²) in [6, 6.07) is 3.67. The van der Waals surface area contributed by atoms with Crippen LogP contribution in [-0.4, -0.2) is 16.0 Å². The third-order valence-corrected chi connectivity index (χ3v) is 3.68. The van der Waals surface area contributed by atoms with Crippen molar-refractivity contribution >= 4 is 40.4 Å². The second-order valence-corrected chi connectivity index (χ2v) is 4.66. The van der Waals surface area contributed by atoms with Crippen molar-refractivity contribution in [2.45, 2.75) is 26.9 Å². The molecule has 4 nitrogen and oxygen atoms in total. The SMILES string of the molecule is CCn1c(C=NO)[n+](CC)c2cc(Cl)c(Cl)cc21. The third kappa shape index (κ3) is 1.95. The van der Waals surface area contributed by atoms with Crippen LogP contribution in [0.5, 0.6) is 0 Å². The van der Waals surface area contributed by atoms with E-state index in [0.29, 0.717) is 10.0 Å². The maximum atomic E-state index is 8.78. The van der Waals surface area contributed by atoms with Crippen molar-refractivity contribution < 1.29 is 9.77 Å². The van der Waals surface area contributed by atoms with Crippen molar-refractivity contribution in [3.63, 3.8) is 0 Å². The van der Waals surface area contributed by atoms with Crippen LogP contribution in [0.1, 0.15) is 19.7 Å². The molecule has 0 bridgehead atoms.